The van der Waals surface area contributed by atoms with Crippen molar-refractivity contribution in [3.63, 3.8) is 0 Å². The van der Waals surface area contributed by atoms with Crippen LogP contribution in [0.3, 0.4) is 0 Å². The number of rotatable bonds is 5. The summed E-state index contributed by atoms with van der Waals surface area (Å²) < 4.78 is 5.13. The van der Waals surface area contributed by atoms with Gasteiger partial charge < -0.3 is 14.9 Å². The number of carbonyl (C=O) groups is 1. The van der Waals surface area contributed by atoms with Crippen molar-refractivity contribution in [1.29, 1.82) is 0 Å². The summed E-state index contributed by atoms with van der Waals surface area (Å²) in [5.74, 6) is -0.330. The normalized spacial score (nSPS) is 10.9. The Hall–Kier alpha value is -2.59. The number of ether oxygens (including phenoxy) is 1. The van der Waals surface area contributed by atoms with Crippen molar-refractivity contribution in [3.8, 4) is 11.5 Å². The second-order valence-corrected chi connectivity index (χ2v) is 4.96. The third-order valence-corrected chi connectivity index (χ3v) is 3.29. The zero-order chi connectivity index (χ0) is 16.1. The van der Waals surface area contributed by atoms with Gasteiger partial charge in [0.05, 0.1) is 13.7 Å². The molecule has 22 heavy (non-hydrogen) atoms. The van der Waals surface area contributed by atoms with Crippen molar-refractivity contribution >= 4 is 11.9 Å². The van der Waals surface area contributed by atoms with Crippen LogP contribution in [0.4, 0.5) is 0 Å². The number of phenolic OH excluding ortho intramolecular Hbond substituents is 1. The van der Waals surface area contributed by atoms with Gasteiger partial charge in [0, 0.05) is 0 Å². The summed E-state index contributed by atoms with van der Waals surface area (Å²) in [7, 11) is 1.41. The molecule has 0 saturated carbocycles. The van der Waals surface area contributed by atoms with E-state index >= 15 is 0 Å². The highest BCUT2D eigenvalue weighted by Gasteiger charge is 2.16. The number of carbonyl (C=O) groups excluding carboxylic acids is 1. The zero-order valence-corrected chi connectivity index (χ0v) is 12.5. The molecule has 0 heterocycles. The summed E-state index contributed by atoms with van der Waals surface area (Å²) in [6.07, 6.45) is 3.07. The van der Waals surface area contributed by atoms with Gasteiger partial charge in [0.2, 0.25) is 0 Å². The molecule has 0 unspecified atom stereocenters. The maximum atomic E-state index is 12.3. The monoisotopic (exact) mass is 298 g/mol. The van der Waals surface area contributed by atoms with Crippen LogP contribution in [0.2, 0.25) is 0 Å². The van der Waals surface area contributed by atoms with Crippen LogP contribution in [0.15, 0.2) is 42.5 Å². The quantitative estimate of drug-likeness (QED) is 0.657. The lowest BCUT2D eigenvalue weighted by molar-refractivity contribution is 0.104. The molecule has 0 aliphatic heterocycles. The van der Waals surface area contributed by atoms with Crippen molar-refractivity contribution in [2.24, 2.45) is 0 Å². The first-order valence-electron chi connectivity index (χ1n) is 6.85. The fourth-order valence-electron chi connectivity index (χ4n) is 2.09. The summed E-state index contributed by atoms with van der Waals surface area (Å²) in [6.45, 7) is 1.75. The number of ketones is 1. The van der Waals surface area contributed by atoms with Gasteiger partial charge in [-0.2, -0.15) is 0 Å². The van der Waals surface area contributed by atoms with Crippen LogP contribution in [0.25, 0.3) is 6.08 Å². The lowest BCUT2D eigenvalue weighted by Gasteiger charge is -2.10. The smallest absolute Gasteiger partial charge is 0.193 e. The number of allylic oxidation sites excluding steroid dienone is 1. The lowest BCUT2D eigenvalue weighted by atomic mass is 10.0. The van der Waals surface area contributed by atoms with Crippen LogP contribution in [-0.2, 0) is 6.61 Å². The summed E-state index contributed by atoms with van der Waals surface area (Å²) in [5.41, 5.74) is 2.60. The van der Waals surface area contributed by atoms with Gasteiger partial charge in [-0.3, -0.25) is 4.79 Å². The zero-order valence-electron chi connectivity index (χ0n) is 12.5. The van der Waals surface area contributed by atoms with Crippen LogP contribution < -0.4 is 4.74 Å². The number of methoxy groups -OCH3 is 1. The van der Waals surface area contributed by atoms with Crippen molar-refractivity contribution < 1.29 is 19.7 Å². The Labute approximate surface area is 129 Å². The van der Waals surface area contributed by atoms with Crippen LogP contribution >= 0.6 is 0 Å². The molecule has 114 valence electrons. The molecule has 0 bridgehead atoms. The first-order valence-corrected chi connectivity index (χ1v) is 6.85. The molecular weight excluding hydrogens is 280 g/mol. The van der Waals surface area contributed by atoms with Crippen LogP contribution in [0.1, 0.15) is 27.0 Å². The molecule has 2 rings (SSSR count). The second kappa shape index (κ2) is 6.91. The Morgan fingerprint density at radius 1 is 1.23 bits per heavy atom. The van der Waals surface area contributed by atoms with Crippen LogP contribution in [-0.4, -0.2) is 23.1 Å². The molecule has 0 amide bonds. The maximum Gasteiger partial charge on any atom is 0.193 e. The molecule has 4 nitrogen and oxygen atoms in total. The number of hydrogen-bond acceptors (Lipinski definition) is 4. The predicted octanol–water partition coefficient (Wildman–Crippen LogP) is 3.10. The Morgan fingerprint density at radius 2 is 1.91 bits per heavy atom. The molecule has 0 aromatic heterocycles. The van der Waals surface area contributed by atoms with Gasteiger partial charge in [-0.15, -0.1) is 0 Å². The second-order valence-electron chi connectivity index (χ2n) is 4.96. The number of aryl methyl sites for hydroxylation is 1. The summed E-state index contributed by atoms with van der Waals surface area (Å²) >= 11 is 0. The standard InChI is InChI=1S/C18H18O4/c1-12-3-5-13(6-4-12)7-8-15(20)18-16(21)9-14(11-19)10-17(18)22-2/h3-10,19,21H,11H2,1-2H3. The average molecular weight is 298 g/mol. The minimum atomic E-state index is -0.362. The van der Waals surface area contributed by atoms with E-state index in [2.05, 4.69) is 0 Å². The molecule has 4 heteroatoms. The van der Waals surface area contributed by atoms with Gasteiger partial charge in [-0.1, -0.05) is 35.9 Å². The van der Waals surface area contributed by atoms with Gasteiger partial charge in [-0.25, -0.2) is 0 Å². The van der Waals surface area contributed by atoms with E-state index in [0.29, 0.717) is 5.56 Å². The van der Waals surface area contributed by atoms with E-state index in [1.54, 1.807) is 6.08 Å². The SMILES string of the molecule is COc1cc(CO)cc(O)c1C(=O)C=Cc1ccc(C)cc1. The highest BCUT2D eigenvalue weighted by Crippen LogP contribution is 2.30. The summed E-state index contributed by atoms with van der Waals surface area (Å²) in [5, 5.41) is 19.1. The van der Waals surface area contributed by atoms with Gasteiger partial charge >= 0.3 is 0 Å². The first kappa shape index (κ1) is 15.8. The molecule has 0 saturated heterocycles. The largest absolute Gasteiger partial charge is 0.507 e. The Kier molecular flexibility index (Phi) is 4.96. The molecule has 2 N–H and O–H groups in total. The number of benzene rings is 2. The van der Waals surface area contributed by atoms with Gasteiger partial charge in [-0.05, 0) is 36.3 Å². The molecule has 2 aromatic carbocycles. The number of hydrogen-bond donors (Lipinski definition) is 2. The molecule has 0 aliphatic carbocycles. The Bertz CT molecular complexity index is 700. The van der Waals surface area contributed by atoms with E-state index in [-0.39, 0.29) is 29.5 Å². The van der Waals surface area contributed by atoms with E-state index in [9.17, 15) is 9.90 Å². The van der Waals surface area contributed by atoms with E-state index in [4.69, 9.17) is 9.84 Å². The van der Waals surface area contributed by atoms with Crippen LogP contribution in [0.5, 0.6) is 11.5 Å². The van der Waals surface area contributed by atoms with E-state index in [1.165, 1.54) is 25.3 Å². The predicted molar refractivity (Wildman–Crippen MR) is 85.1 cm³/mol. The third kappa shape index (κ3) is 3.54. The molecule has 0 atom stereocenters. The van der Waals surface area contributed by atoms with Crippen molar-refractivity contribution in [2.45, 2.75) is 13.5 Å². The summed E-state index contributed by atoms with van der Waals surface area (Å²) in [4.78, 5) is 12.3. The van der Waals surface area contributed by atoms with Crippen molar-refractivity contribution in [3.05, 3.63) is 64.7 Å². The fourth-order valence-corrected chi connectivity index (χ4v) is 2.09. The number of aliphatic hydroxyl groups excluding tert-OH is 1. The van der Waals surface area contributed by atoms with E-state index in [1.807, 2.05) is 31.2 Å². The molecular formula is C18H18O4. The van der Waals surface area contributed by atoms with Crippen molar-refractivity contribution in [2.75, 3.05) is 7.11 Å². The highest BCUT2D eigenvalue weighted by atomic mass is 16.5. The van der Waals surface area contributed by atoms with Gasteiger partial charge in [0.1, 0.15) is 17.1 Å². The molecule has 2 aromatic rings. The number of aliphatic hydroxyl groups is 1. The molecule has 0 fully saturated rings. The van der Waals surface area contributed by atoms with Crippen LogP contribution in [0, 0.1) is 6.92 Å². The van der Waals surface area contributed by atoms with Crippen molar-refractivity contribution in [1.82, 2.24) is 0 Å². The molecule has 0 radical (unpaired) electrons. The molecule has 0 aliphatic rings. The topological polar surface area (TPSA) is 66.8 Å². The summed E-state index contributed by atoms with van der Waals surface area (Å²) in [6, 6.07) is 10.6. The molecule has 0 spiro atoms. The van der Waals surface area contributed by atoms with Gasteiger partial charge in [0.25, 0.3) is 0 Å². The number of aromatic hydroxyl groups is 1. The van der Waals surface area contributed by atoms with E-state index < -0.39 is 0 Å². The minimum absolute atomic E-state index is 0.0862. The number of phenols is 1. The van der Waals surface area contributed by atoms with E-state index in [0.717, 1.165) is 11.1 Å². The Balaban J connectivity index is 2.31. The van der Waals surface area contributed by atoms with Gasteiger partial charge in [0.15, 0.2) is 5.78 Å². The third-order valence-electron chi connectivity index (χ3n) is 3.29. The highest BCUT2D eigenvalue weighted by molar-refractivity contribution is 6.10. The minimum Gasteiger partial charge on any atom is -0.507 e. The lowest BCUT2D eigenvalue weighted by Crippen LogP contribution is -2.01. The Morgan fingerprint density at radius 3 is 2.50 bits per heavy atom. The average Bonchev–Trinajstić information content (AvgIpc) is 2.53. The fraction of sp³-hybridized carbons (Fsp3) is 0.167. The maximum absolute atomic E-state index is 12.3. The first-order chi connectivity index (χ1) is 10.5.